The van der Waals surface area contributed by atoms with Gasteiger partial charge in [0, 0.05) is 18.6 Å². The lowest BCUT2D eigenvalue weighted by Crippen LogP contribution is -1.81. The lowest BCUT2D eigenvalue weighted by atomic mass is 10.2. The van der Waals surface area contributed by atoms with E-state index in [2.05, 4.69) is 36.9 Å². The van der Waals surface area contributed by atoms with Gasteiger partial charge in [-0.3, -0.25) is 0 Å². The second-order valence-electron chi connectivity index (χ2n) is 2.07. The van der Waals surface area contributed by atoms with Crippen molar-refractivity contribution in [3.05, 3.63) is 42.3 Å². The van der Waals surface area contributed by atoms with Crippen LogP contribution in [0.1, 0.15) is 5.56 Å². The zero-order valence-corrected chi connectivity index (χ0v) is 6.90. The molecule has 0 radical (unpaired) electrons. The normalized spacial score (nSPS) is 9.30. The van der Waals surface area contributed by atoms with E-state index in [-0.39, 0.29) is 0 Å². The average molecular weight is 151 g/mol. The molecule has 0 aliphatic heterocycles. The van der Waals surface area contributed by atoms with Crippen LogP contribution in [-0.4, -0.2) is 12.0 Å². The molecule has 0 N–H and O–H groups in total. The molecule has 10 heavy (non-hydrogen) atoms. The summed E-state index contributed by atoms with van der Waals surface area (Å²) in [7, 11) is 0. The molecule has 0 nitrogen and oxygen atoms in total. The van der Waals surface area contributed by atoms with Gasteiger partial charge in [0.2, 0.25) is 0 Å². The molecule has 0 spiro atoms. The highest BCUT2D eigenvalue weighted by molar-refractivity contribution is 7.98. The molecule has 1 aromatic carbocycles. The summed E-state index contributed by atoms with van der Waals surface area (Å²) >= 11 is 1.84. The first-order chi connectivity index (χ1) is 4.93. The topological polar surface area (TPSA) is 0 Å². The van der Waals surface area contributed by atoms with Gasteiger partial charge < -0.3 is 0 Å². The first kappa shape index (κ1) is 7.55. The number of hydrogen-bond acceptors (Lipinski definition) is 1. The molecular formula is C9H11S+. The Balaban J connectivity index is 2.43. The summed E-state index contributed by atoms with van der Waals surface area (Å²) in [6.45, 7) is 0. The Morgan fingerprint density at radius 1 is 1.30 bits per heavy atom. The van der Waals surface area contributed by atoms with E-state index >= 15 is 0 Å². The van der Waals surface area contributed by atoms with E-state index in [1.807, 2.05) is 17.8 Å². The maximum absolute atomic E-state index is 2.23. The summed E-state index contributed by atoms with van der Waals surface area (Å²) in [6, 6.07) is 10.4. The molecule has 0 atom stereocenters. The van der Waals surface area contributed by atoms with E-state index in [4.69, 9.17) is 0 Å². The minimum Gasteiger partial charge on any atom is -0.147 e. The van der Waals surface area contributed by atoms with Crippen LogP contribution in [0.15, 0.2) is 30.3 Å². The summed E-state index contributed by atoms with van der Waals surface area (Å²) in [5, 5.41) is 0. The van der Waals surface area contributed by atoms with Gasteiger partial charge in [-0.05, 0) is 24.5 Å². The number of benzene rings is 1. The molecule has 0 fully saturated rings. The highest BCUT2D eigenvalue weighted by atomic mass is 32.2. The van der Waals surface area contributed by atoms with Gasteiger partial charge in [-0.2, -0.15) is 0 Å². The lowest BCUT2D eigenvalue weighted by molar-refractivity contribution is 1.44. The predicted molar refractivity (Wildman–Crippen MR) is 48.2 cm³/mol. The Hall–Kier alpha value is -0.560. The molecule has 0 heterocycles. The van der Waals surface area contributed by atoms with Crippen LogP contribution < -0.4 is 0 Å². The van der Waals surface area contributed by atoms with Crippen LogP contribution in [0, 0.1) is 6.42 Å². The van der Waals surface area contributed by atoms with Gasteiger partial charge in [0.15, 0.2) is 0 Å². The summed E-state index contributed by atoms with van der Waals surface area (Å²) in [6.07, 6.45) is 4.34. The van der Waals surface area contributed by atoms with Crippen LogP contribution in [0.3, 0.4) is 0 Å². The van der Waals surface area contributed by atoms with E-state index in [0.29, 0.717) is 0 Å². The van der Waals surface area contributed by atoms with E-state index < -0.39 is 0 Å². The molecule has 0 saturated carbocycles. The van der Waals surface area contributed by atoms with Crippen molar-refractivity contribution in [2.75, 3.05) is 12.0 Å². The third kappa shape index (κ3) is 2.36. The molecule has 1 aromatic rings. The van der Waals surface area contributed by atoms with Crippen molar-refractivity contribution in [2.45, 2.75) is 0 Å². The smallest absolute Gasteiger partial charge is 0.130 e. The van der Waals surface area contributed by atoms with Crippen molar-refractivity contribution in [3.63, 3.8) is 0 Å². The molecule has 0 aliphatic carbocycles. The Morgan fingerprint density at radius 3 is 2.60 bits per heavy atom. The minimum absolute atomic E-state index is 1.10. The van der Waals surface area contributed by atoms with Crippen LogP contribution in [-0.2, 0) is 0 Å². The summed E-state index contributed by atoms with van der Waals surface area (Å²) in [5.41, 5.74) is 1.32. The second kappa shape index (κ2) is 4.29. The maximum atomic E-state index is 2.23. The summed E-state index contributed by atoms with van der Waals surface area (Å²) in [4.78, 5) is 0. The first-order valence-corrected chi connectivity index (χ1v) is 4.70. The molecule has 0 unspecified atom stereocenters. The molecule has 52 valence electrons. The summed E-state index contributed by atoms with van der Waals surface area (Å²) in [5.74, 6) is 1.10. The predicted octanol–water partition coefficient (Wildman–Crippen LogP) is 2.60. The number of hydrogen-bond donors (Lipinski definition) is 0. The molecule has 0 amide bonds. The molecular weight excluding hydrogens is 140 g/mol. The molecule has 1 rings (SSSR count). The van der Waals surface area contributed by atoms with Crippen molar-refractivity contribution >= 4 is 11.8 Å². The van der Waals surface area contributed by atoms with Gasteiger partial charge in [0.1, 0.15) is 5.56 Å². The lowest BCUT2D eigenvalue weighted by Gasteiger charge is -1.87. The molecule has 0 saturated heterocycles. The fourth-order valence-corrected chi connectivity index (χ4v) is 1.13. The first-order valence-electron chi connectivity index (χ1n) is 3.30. The monoisotopic (exact) mass is 151 g/mol. The Morgan fingerprint density at radius 2 is 2.00 bits per heavy atom. The van der Waals surface area contributed by atoms with Crippen LogP contribution in [0.4, 0.5) is 0 Å². The van der Waals surface area contributed by atoms with E-state index in [9.17, 15) is 0 Å². The van der Waals surface area contributed by atoms with Crippen molar-refractivity contribution in [2.24, 2.45) is 0 Å². The molecule has 0 aliphatic rings. The maximum Gasteiger partial charge on any atom is 0.130 e. The molecule has 0 aromatic heterocycles. The largest absolute Gasteiger partial charge is 0.147 e. The SMILES string of the molecule is CSC[CH+]c1ccccc1. The Kier molecular flexibility index (Phi) is 3.23. The average Bonchev–Trinajstić information content (AvgIpc) is 2.03. The molecule has 0 bridgehead atoms. The summed E-state index contributed by atoms with van der Waals surface area (Å²) < 4.78 is 0. The van der Waals surface area contributed by atoms with Gasteiger partial charge >= 0.3 is 0 Å². The highest BCUT2D eigenvalue weighted by Crippen LogP contribution is 2.05. The van der Waals surface area contributed by atoms with Crippen LogP contribution in [0.25, 0.3) is 0 Å². The van der Waals surface area contributed by atoms with Gasteiger partial charge in [0.25, 0.3) is 0 Å². The second-order valence-corrected chi connectivity index (χ2v) is 2.98. The van der Waals surface area contributed by atoms with Gasteiger partial charge in [0.05, 0.1) is 5.75 Å². The third-order valence-electron chi connectivity index (χ3n) is 1.29. The van der Waals surface area contributed by atoms with Gasteiger partial charge in [-0.1, -0.05) is 0 Å². The highest BCUT2D eigenvalue weighted by Gasteiger charge is 1.96. The van der Waals surface area contributed by atoms with Gasteiger partial charge in [-0.15, -0.1) is 11.8 Å². The van der Waals surface area contributed by atoms with Gasteiger partial charge in [-0.25, -0.2) is 0 Å². The van der Waals surface area contributed by atoms with E-state index in [1.54, 1.807) is 0 Å². The van der Waals surface area contributed by atoms with Crippen LogP contribution in [0.5, 0.6) is 0 Å². The Bertz CT molecular complexity index is 169. The zero-order valence-electron chi connectivity index (χ0n) is 6.08. The zero-order chi connectivity index (χ0) is 7.23. The molecule has 1 heteroatoms. The standard InChI is InChI=1S/C9H11S/c1-10-8-7-9-5-3-2-4-6-9/h2-7H,8H2,1H3/q+1. The van der Waals surface area contributed by atoms with E-state index in [1.165, 1.54) is 5.56 Å². The van der Waals surface area contributed by atoms with Crippen LogP contribution >= 0.6 is 11.8 Å². The van der Waals surface area contributed by atoms with Crippen molar-refractivity contribution < 1.29 is 0 Å². The van der Waals surface area contributed by atoms with Crippen molar-refractivity contribution in [1.82, 2.24) is 0 Å². The number of thioether (sulfide) groups is 1. The quantitative estimate of drug-likeness (QED) is 0.598. The fraction of sp³-hybridized carbons (Fsp3) is 0.222. The van der Waals surface area contributed by atoms with Crippen molar-refractivity contribution in [3.8, 4) is 0 Å². The van der Waals surface area contributed by atoms with Crippen molar-refractivity contribution in [1.29, 1.82) is 0 Å². The third-order valence-corrected chi connectivity index (χ3v) is 1.79. The minimum atomic E-state index is 1.10. The number of rotatable bonds is 3. The fourth-order valence-electron chi connectivity index (χ4n) is 0.769. The van der Waals surface area contributed by atoms with E-state index in [0.717, 1.165) is 5.75 Å². The Labute approximate surface area is 66.6 Å². The van der Waals surface area contributed by atoms with Crippen LogP contribution in [0.2, 0.25) is 0 Å².